The molecule has 0 saturated carbocycles. The van der Waals surface area contributed by atoms with Gasteiger partial charge in [0.15, 0.2) is 5.69 Å². The quantitative estimate of drug-likeness (QED) is 0.686. The van der Waals surface area contributed by atoms with Gasteiger partial charge < -0.3 is 10.6 Å². The Morgan fingerprint density at radius 3 is 2.46 bits per heavy atom. The summed E-state index contributed by atoms with van der Waals surface area (Å²) >= 11 is 6.06. The molecular weight excluding hydrogens is 380 g/mol. The van der Waals surface area contributed by atoms with Crippen molar-refractivity contribution < 1.29 is 9.59 Å². The van der Waals surface area contributed by atoms with Crippen LogP contribution in [0.3, 0.4) is 0 Å². The maximum Gasteiger partial charge on any atom is 0.276 e. The lowest BCUT2D eigenvalue weighted by Gasteiger charge is -2.06. The lowest BCUT2D eigenvalue weighted by atomic mass is 10.2. The van der Waals surface area contributed by atoms with Crippen molar-refractivity contribution in [1.82, 2.24) is 19.6 Å². The fraction of sp³-hybridized carbons (Fsp3) is 0.263. The number of hydrogen-bond acceptors (Lipinski definition) is 4. The molecule has 9 heteroatoms. The van der Waals surface area contributed by atoms with Gasteiger partial charge in [-0.1, -0.05) is 23.7 Å². The van der Waals surface area contributed by atoms with Crippen LogP contribution in [-0.4, -0.2) is 31.4 Å². The average molecular weight is 401 g/mol. The van der Waals surface area contributed by atoms with Crippen LogP contribution in [0.4, 0.5) is 11.5 Å². The van der Waals surface area contributed by atoms with E-state index in [0.717, 1.165) is 11.4 Å². The second kappa shape index (κ2) is 7.85. The lowest BCUT2D eigenvalue weighted by Crippen LogP contribution is -2.15. The molecule has 0 spiro atoms. The zero-order chi connectivity index (χ0) is 20.4. The zero-order valence-electron chi connectivity index (χ0n) is 16.1. The van der Waals surface area contributed by atoms with E-state index in [4.69, 9.17) is 11.6 Å². The van der Waals surface area contributed by atoms with Gasteiger partial charge in [-0.15, -0.1) is 0 Å². The second-order valence-electron chi connectivity index (χ2n) is 6.29. The minimum atomic E-state index is -0.379. The predicted molar refractivity (Wildman–Crippen MR) is 108 cm³/mol. The fourth-order valence-corrected chi connectivity index (χ4v) is 3.11. The highest BCUT2D eigenvalue weighted by atomic mass is 35.5. The molecule has 3 rings (SSSR count). The number of aromatic nitrogens is 4. The third-order valence-corrected chi connectivity index (χ3v) is 4.72. The first-order valence-corrected chi connectivity index (χ1v) is 9.14. The van der Waals surface area contributed by atoms with Crippen molar-refractivity contribution in [3.8, 4) is 0 Å². The highest BCUT2D eigenvalue weighted by Gasteiger charge is 2.19. The fourth-order valence-electron chi connectivity index (χ4n) is 2.89. The number of halogens is 1. The van der Waals surface area contributed by atoms with Gasteiger partial charge in [-0.3, -0.25) is 19.0 Å². The van der Waals surface area contributed by atoms with Crippen molar-refractivity contribution in [3.05, 3.63) is 58.0 Å². The molecule has 2 heterocycles. The van der Waals surface area contributed by atoms with Crippen LogP contribution in [0.5, 0.6) is 0 Å². The van der Waals surface area contributed by atoms with Crippen molar-refractivity contribution in [1.29, 1.82) is 0 Å². The van der Waals surface area contributed by atoms with E-state index in [1.807, 2.05) is 25.5 Å². The summed E-state index contributed by atoms with van der Waals surface area (Å²) in [4.78, 5) is 25.1. The van der Waals surface area contributed by atoms with E-state index >= 15 is 0 Å². The molecule has 28 heavy (non-hydrogen) atoms. The highest BCUT2D eigenvalue weighted by molar-refractivity contribution is 6.34. The minimum Gasteiger partial charge on any atom is -0.317 e. The first-order chi connectivity index (χ1) is 13.3. The van der Waals surface area contributed by atoms with Gasteiger partial charge in [-0.25, -0.2) is 0 Å². The monoisotopic (exact) mass is 400 g/mol. The van der Waals surface area contributed by atoms with E-state index in [1.165, 1.54) is 10.7 Å². The molecule has 1 aromatic carbocycles. The van der Waals surface area contributed by atoms with E-state index < -0.39 is 0 Å². The summed E-state index contributed by atoms with van der Waals surface area (Å²) in [5.41, 5.74) is 2.79. The average Bonchev–Trinajstić information content (AvgIpc) is 3.16. The number of carbonyl (C=O) groups is 2. The van der Waals surface area contributed by atoms with Gasteiger partial charge in [-0.05, 0) is 32.9 Å². The van der Waals surface area contributed by atoms with E-state index in [9.17, 15) is 9.59 Å². The summed E-state index contributed by atoms with van der Waals surface area (Å²) in [6.45, 7) is 6.43. The number of rotatable bonds is 5. The smallest absolute Gasteiger partial charge is 0.276 e. The summed E-state index contributed by atoms with van der Waals surface area (Å²) in [5.74, 6) is -0.375. The van der Waals surface area contributed by atoms with E-state index in [2.05, 4.69) is 20.8 Å². The van der Waals surface area contributed by atoms with Crippen molar-refractivity contribution in [2.24, 2.45) is 7.05 Å². The SMILES string of the molecule is CCn1nc(C)c(NC(=O)c2cc(NC(=O)c3ccccc3Cl)n(C)n2)c1C. The summed E-state index contributed by atoms with van der Waals surface area (Å²) in [6, 6.07) is 8.25. The van der Waals surface area contributed by atoms with Crippen molar-refractivity contribution in [2.45, 2.75) is 27.3 Å². The van der Waals surface area contributed by atoms with Crippen LogP contribution < -0.4 is 10.6 Å². The Hall–Kier alpha value is -3.13. The first-order valence-electron chi connectivity index (χ1n) is 8.77. The summed E-state index contributed by atoms with van der Waals surface area (Å²) < 4.78 is 3.25. The molecule has 0 fully saturated rings. The van der Waals surface area contributed by atoms with E-state index in [1.54, 1.807) is 31.3 Å². The van der Waals surface area contributed by atoms with Crippen molar-refractivity contribution >= 4 is 34.9 Å². The molecule has 8 nitrogen and oxygen atoms in total. The third-order valence-electron chi connectivity index (χ3n) is 4.39. The van der Waals surface area contributed by atoms with E-state index in [-0.39, 0.29) is 17.5 Å². The summed E-state index contributed by atoms with van der Waals surface area (Å²) in [5, 5.41) is 14.5. The number of carbonyl (C=O) groups excluding carboxylic acids is 2. The first kappa shape index (κ1) is 19.6. The van der Waals surface area contributed by atoms with Crippen LogP contribution >= 0.6 is 11.6 Å². The molecule has 0 aliphatic rings. The normalized spacial score (nSPS) is 10.8. The molecule has 0 unspecified atom stereocenters. The topological polar surface area (TPSA) is 93.8 Å². The molecule has 0 saturated heterocycles. The van der Waals surface area contributed by atoms with E-state index in [0.29, 0.717) is 28.6 Å². The third kappa shape index (κ3) is 3.77. The standard InChI is InChI=1S/C19H21ClN6O2/c1-5-26-12(3)17(11(2)23-26)22-19(28)15-10-16(25(4)24-15)21-18(27)13-8-6-7-9-14(13)20/h6-10H,5H2,1-4H3,(H,21,27)(H,22,28). The van der Waals surface area contributed by atoms with Gasteiger partial charge in [-0.2, -0.15) is 10.2 Å². The molecule has 2 N–H and O–H groups in total. The maximum atomic E-state index is 12.6. The van der Waals surface area contributed by atoms with Gasteiger partial charge >= 0.3 is 0 Å². The molecule has 146 valence electrons. The van der Waals surface area contributed by atoms with Crippen LogP contribution in [-0.2, 0) is 13.6 Å². The molecular formula is C19H21ClN6O2. The predicted octanol–water partition coefficient (Wildman–Crippen LogP) is 3.41. The van der Waals surface area contributed by atoms with Crippen LogP contribution in [0.2, 0.25) is 5.02 Å². The minimum absolute atomic E-state index is 0.181. The molecule has 0 atom stereocenters. The molecule has 0 bridgehead atoms. The molecule has 0 radical (unpaired) electrons. The molecule has 2 amide bonds. The van der Waals surface area contributed by atoms with Crippen LogP contribution in [0.25, 0.3) is 0 Å². The number of nitrogens with one attached hydrogen (secondary N) is 2. The Morgan fingerprint density at radius 1 is 1.11 bits per heavy atom. The second-order valence-corrected chi connectivity index (χ2v) is 6.70. The zero-order valence-corrected chi connectivity index (χ0v) is 16.8. The number of anilines is 2. The van der Waals surface area contributed by atoms with Crippen LogP contribution in [0.1, 0.15) is 39.2 Å². The Morgan fingerprint density at radius 2 is 1.82 bits per heavy atom. The number of hydrogen-bond donors (Lipinski definition) is 2. The molecule has 2 aromatic heterocycles. The molecule has 3 aromatic rings. The number of benzene rings is 1. The Bertz CT molecular complexity index is 1050. The Kier molecular flexibility index (Phi) is 5.51. The Labute approximate surface area is 167 Å². The van der Waals surface area contributed by atoms with Crippen molar-refractivity contribution in [3.63, 3.8) is 0 Å². The van der Waals surface area contributed by atoms with Crippen LogP contribution in [0.15, 0.2) is 30.3 Å². The Balaban J connectivity index is 1.78. The van der Waals surface area contributed by atoms with Gasteiger partial charge in [0, 0.05) is 19.7 Å². The van der Waals surface area contributed by atoms with Crippen molar-refractivity contribution in [2.75, 3.05) is 10.6 Å². The van der Waals surface area contributed by atoms with Gasteiger partial charge in [0.05, 0.1) is 27.7 Å². The summed E-state index contributed by atoms with van der Waals surface area (Å²) in [6.07, 6.45) is 0. The largest absolute Gasteiger partial charge is 0.317 e. The van der Waals surface area contributed by atoms with Gasteiger partial charge in [0.2, 0.25) is 0 Å². The van der Waals surface area contributed by atoms with Gasteiger partial charge in [0.25, 0.3) is 11.8 Å². The molecule has 0 aliphatic carbocycles. The number of amides is 2. The van der Waals surface area contributed by atoms with Crippen LogP contribution in [0, 0.1) is 13.8 Å². The maximum absolute atomic E-state index is 12.6. The number of nitrogens with zero attached hydrogens (tertiary/aromatic N) is 4. The van der Waals surface area contributed by atoms with Gasteiger partial charge in [0.1, 0.15) is 5.82 Å². The lowest BCUT2D eigenvalue weighted by molar-refractivity contribution is 0.101. The molecule has 0 aliphatic heterocycles. The summed E-state index contributed by atoms with van der Waals surface area (Å²) in [7, 11) is 1.64. The number of aryl methyl sites for hydroxylation is 3. The highest BCUT2D eigenvalue weighted by Crippen LogP contribution is 2.21.